The van der Waals surface area contributed by atoms with E-state index in [2.05, 4.69) is 33.8 Å². The maximum absolute atomic E-state index is 5.87. The van der Waals surface area contributed by atoms with Crippen molar-refractivity contribution in [2.24, 2.45) is 5.73 Å². The van der Waals surface area contributed by atoms with Gasteiger partial charge in [-0.3, -0.25) is 0 Å². The molecule has 0 amide bonds. The van der Waals surface area contributed by atoms with Crippen LogP contribution in [0.2, 0.25) is 0 Å². The summed E-state index contributed by atoms with van der Waals surface area (Å²) in [6.45, 7) is 2.91. The van der Waals surface area contributed by atoms with Gasteiger partial charge in [0.05, 0.1) is 12.0 Å². The Morgan fingerprint density at radius 1 is 1.31 bits per heavy atom. The highest BCUT2D eigenvalue weighted by Crippen LogP contribution is 2.10. The van der Waals surface area contributed by atoms with Crippen molar-refractivity contribution in [2.45, 2.75) is 25.9 Å². The summed E-state index contributed by atoms with van der Waals surface area (Å²) >= 11 is 0. The van der Waals surface area contributed by atoms with Crippen molar-refractivity contribution in [2.75, 3.05) is 0 Å². The average Bonchev–Trinajstić information content (AvgIpc) is 2.76. The minimum atomic E-state index is 0.0401. The van der Waals surface area contributed by atoms with Crippen molar-refractivity contribution in [1.82, 2.24) is 9.55 Å². The summed E-state index contributed by atoms with van der Waals surface area (Å²) in [7, 11) is 0. The van der Waals surface area contributed by atoms with E-state index >= 15 is 0 Å². The molecule has 1 atom stereocenters. The van der Waals surface area contributed by atoms with Gasteiger partial charge in [-0.1, -0.05) is 30.3 Å². The lowest BCUT2D eigenvalue weighted by atomic mass is 10.1. The second-order valence-electron chi connectivity index (χ2n) is 4.04. The summed E-state index contributed by atoms with van der Waals surface area (Å²) in [6.07, 6.45) is 4.70. The fourth-order valence-electron chi connectivity index (χ4n) is 1.79. The van der Waals surface area contributed by atoms with E-state index < -0.39 is 0 Å². The molecular formula is C13H17N3. The molecule has 84 valence electrons. The summed E-state index contributed by atoms with van der Waals surface area (Å²) in [4.78, 5) is 4.14. The Kier molecular flexibility index (Phi) is 3.37. The van der Waals surface area contributed by atoms with Gasteiger partial charge in [0.1, 0.15) is 0 Å². The molecule has 0 saturated carbocycles. The second-order valence-corrected chi connectivity index (χ2v) is 4.04. The van der Waals surface area contributed by atoms with E-state index in [1.165, 1.54) is 5.56 Å². The highest BCUT2D eigenvalue weighted by Gasteiger charge is 2.05. The molecule has 0 radical (unpaired) electrons. The van der Waals surface area contributed by atoms with E-state index in [1.807, 2.05) is 25.5 Å². The highest BCUT2D eigenvalue weighted by atomic mass is 15.1. The van der Waals surface area contributed by atoms with E-state index in [1.54, 1.807) is 0 Å². The Morgan fingerprint density at radius 3 is 2.75 bits per heavy atom. The molecule has 3 nitrogen and oxygen atoms in total. The summed E-state index contributed by atoms with van der Waals surface area (Å²) in [5, 5.41) is 0. The molecule has 0 bridgehead atoms. The first-order valence-electron chi connectivity index (χ1n) is 5.57. The number of imidazole rings is 1. The average molecular weight is 215 g/mol. The summed E-state index contributed by atoms with van der Waals surface area (Å²) in [6, 6.07) is 10.5. The van der Waals surface area contributed by atoms with Gasteiger partial charge in [-0.25, -0.2) is 4.98 Å². The van der Waals surface area contributed by atoms with Crippen LogP contribution in [0.15, 0.2) is 42.9 Å². The number of rotatable bonds is 4. The van der Waals surface area contributed by atoms with Gasteiger partial charge < -0.3 is 10.3 Å². The van der Waals surface area contributed by atoms with Gasteiger partial charge in [0.2, 0.25) is 0 Å². The maximum atomic E-state index is 5.87. The standard InChI is InChI=1S/C13H17N3/c1-11(14)13-9-15-10-16(13)8-7-12-5-3-2-4-6-12/h2-6,9-11H,7-8,14H2,1H3/t11-/m0/s1. The van der Waals surface area contributed by atoms with Crippen molar-refractivity contribution in [1.29, 1.82) is 0 Å². The molecule has 0 spiro atoms. The molecule has 0 aliphatic rings. The molecule has 1 aromatic heterocycles. The van der Waals surface area contributed by atoms with E-state index in [9.17, 15) is 0 Å². The second kappa shape index (κ2) is 4.94. The molecule has 16 heavy (non-hydrogen) atoms. The molecule has 0 saturated heterocycles. The molecule has 0 unspecified atom stereocenters. The normalized spacial score (nSPS) is 12.6. The molecule has 2 aromatic rings. The number of benzene rings is 1. The Bertz CT molecular complexity index is 431. The van der Waals surface area contributed by atoms with Crippen LogP contribution in [-0.2, 0) is 13.0 Å². The van der Waals surface area contributed by atoms with Crippen LogP contribution in [0.25, 0.3) is 0 Å². The summed E-state index contributed by atoms with van der Waals surface area (Å²) < 4.78 is 2.12. The zero-order valence-corrected chi connectivity index (χ0v) is 9.50. The van der Waals surface area contributed by atoms with Crippen molar-refractivity contribution in [3.05, 3.63) is 54.1 Å². The third-order valence-electron chi connectivity index (χ3n) is 2.70. The molecule has 1 heterocycles. The van der Waals surface area contributed by atoms with Crippen molar-refractivity contribution in [3.63, 3.8) is 0 Å². The third kappa shape index (κ3) is 2.49. The van der Waals surface area contributed by atoms with Crippen molar-refractivity contribution >= 4 is 0 Å². The van der Waals surface area contributed by atoms with Gasteiger partial charge in [-0.05, 0) is 18.9 Å². The molecule has 0 fully saturated rings. The Labute approximate surface area is 95.9 Å². The fourth-order valence-corrected chi connectivity index (χ4v) is 1.79. The predicted molar refractivity (Wildman–Crippen MR) is 65.0 cm³/mol. The monoisotopic (exact) mass is 215 g/mol. The molecule has 2 N–H and O–H groups in total. The zero-order chi connectivity index (χ0) is 11.4. The largest absolute Gasteiger partial charge is 0.333 e. The van der Waals surface area contributed by atoms with Crippen LogP contribution in [0, 0.1) is 0 Å². The number of nitrogens with zero attached hydrogens (tertiary/aromatic N) is 2. The quantitative estimate of drug-likeness (QED) is 0.849. The van der Waals surface area contributed by atoms with Crippen LogP contribution in [0.4, 0.5) is 0 Å². The molecule has 0 aliphatic heterocycles. The Balaban J connectivity index is 2.02. The molecule has 2 rings (SSSR count). The fraction of sp³-hybridized carbons (Fsp3) is 0.308. The van der Waals surface area contributed by atoms with Crippen molar-refractivity contribution in [3.8, 4) is 0 Å². The smallest absolute Gasteiger partial charge is 0.0948 e. The van der Waals surface area contributed by atoms with Gasteiger partial charge in [-0.2, -0.15) is 0 Å². The summed E-state index contributed by atoms with van der Waals surface area (Å²) in [5.74, 6) is 0. The number of aryl methyl sites for hydroxylation is 2. The van der Waals surface area contributed by atoms with Crippen LogP contribution < -0.4 is 5.73 Å². The lowest BCUT2D eigenvalue weighted by Gasteiger charge is -2.10. The van der Waals surface area contributed by atoms with Crippen LogP contribution in [0.1, 0.15) is 24.2 Å². The number of nitrogens with two attached hydrogens (primary N) is 1. The van der Waals surface area contributed by atoms with E-state index in [-0.39, 0.29) is 6.04 Å². The lowest BCUT2D eigenvalue weighted by Crippen LogP contribution is -2.12. The molecule has 1 aromatic carbocycles. The Hall–Kier alpha value is -1.61. The third-order valence-corrected chi connectivity index (χ3v) is 2.70. The number of aromatic nitrogens is 2. The molecule has 3 heteroatoms. The van der Waals surface area contributed by atoms with Gasteiger partial charge in [0.25, 0.3) is 0 Å². The minimum Gasteiger partial charge on any atom is -0.333 e. The van der Waals surface area contributed by atoms with Gasteiger partial charge >= 0.3 is 0 Å². The van der Waals surface area contributed by atoms with Gasteiger partial charge in [-0.15, -0.1) is 0 Å². The van der Waals surface area contributed by atoms with Crippen LogP contribution in [-0.4, -0.2) is 9.55 Å². The first-order valence-corrected chi connectivity index (χ1v) is 5.57. The molecule has 0 aliphatic carbocycles. The van der Waals surface area contributed by atoms with Gasteiger partial charge in [0, 0.05) is 18.8 Å². The van der Waals surface area contributed by atoms with Gasteiger partial charge in [0.15, 0.2) is 0 Å². The first-order chi connectivity index (χ1) is 7.77. The highest BCUT2D eigenvalue weighted by molar-refractivity contribution is 5.15. The van der Waals surface area contributed by atoms with Crippen LogP contribution >= 0.6 is 0 Å². The van der Waals surface area contributed by atoms with Crippen LogP contribution in [0.5, 0.6) is 0 Å². The lowest BCUT2D eigenvalue weighted by molar-refractivity contribution is 0.624. The van der Waals surface area contributed by atoms with Crippen molar-refractivity contribution < 1.29 is 0 Å². The first kappa shape index (κ1) is 10.9. The zero-order valence-electron chi connectivity index (χ0n) is 9.50. The van der Waals surface area contributed by atoms with E-state index in [4.69, 9.17) is 5.73 Å². The topological polar surface area (TPSA) is 43.8 Å². The van der Waals surface area contributed by atoms with E-state index in [0.717, 1.165) is 18.7 Å². The predicted octanol–water partition coefficient (Wildman–Crippen LogP) is 2.15. The molecular weight excluding hydrogens is 198 g/mol. The van der Waals surface area contributed by atoms with E-state index in [0.29, 0.717) is 0 Å². The number of hydrogen-bond donors (Lipinski definition) is 1. The SMILES string of the molecule is C[C@H](N)c1cncn1CCc1ccccc1. The maximum Gasteiger partial charge on any atom is 0.0948 e. The Morgan fingerprint density at radius 2 is 2.06 bits per heavy atom. The summed E-state index contributed by atoms with van der Waals surface area (Å²) in [5.41, 5.74) is 8.30. The minimum absolute atomic E-state index is 0.0401. The number of hydrogen-bond acceptors (Lipinski definition) is 2. The van der Waals surface area contributed by atoms with Crippen LogP contribution in [0.3, 0.4) is 0 Å².